The number of nitrogens with zero attached hydrogens (tertiary/aromatic N) is 1. The molecule has 3 aromatic rings. The minimum Gasteiger partial charge on any atom is -1.00 e. The van der Waals surface area contributed by atoms with E-state index in [1.807, 2.05) is 13.0 Å². The molecule has 6 heteroatoms. The Morgan fingerprint density at radius 1 is 0.929 bits per heavy atom. The molecule has 0 N–H and O–H groups in total. The zero-order chi connectivity index (χ0) is 19.0. The number of methoxy groups -OCH3 is 3. The molecule has 2 aromatic carbocycles. The third-order valence-corrected chi connectivity index (χ3v) is 5.09. The van der Waals surface area contributed by atoms with E-state index in [9.17, 15) is 0 Å². The van der Waals surface area contributed by atoms with Crippen molar-refractivity contribution in [1.29, 1.82) is 0 Å². The van der Waals surface area contributed by atoms with Crippen LogP contribution in [0.4, 0.5) is 0 Å². The van der Waals surface area contributed by atoms with E-state index in [1.54, 1.807) is 21.3 Å². The fourth-order valence-corrected chi connectivity index (χ4v) is 3.81. The first-order valence-electron chi connectivity index (χ1n) is 9.12. The molecule has 0 amide bonds. The molecule has 4 rings (SSSR count). The van der Waals surface area contributed by atoms with Crippen molar-refractivity contribution in [3.05, 3.63) is 42.1 Å². The molecule has 28 heavy (non-hydrogen) atoms. The maximum absolute atomic E-state index is 5.79. The second-order valence-corrected chi connectivity index (χ2v) is 6.50. The lowest BCUT2D eigenvalue weighted by atomic mass is 9.95. The van der Waals surface area contributed by atoms with Crippen LogP contribution in [0.2, 0.25) is 0 Å². The first kappa shape index (κ1) is 20.1. The van der Waals surface area contributed by atoms with Gasteiger partial charge in [-0.2, -0.15) is 4.57 Å². The highest BCUT2D eigenvalue weighted by molar-refractivity contribution is 5.91. The minimum atomic E-state index is 0. The van der Waals surface area contributed by atoms with Gasteiger partial charge in [0, 0.05) is 12.5 Å². The third-order valence-electron chi connectivity index (χ3n) is 5.09. The van der Waals surface area contributed by atoms with Crippen molar-refractivity contribution in [2.75, 3.05) is 27.9 Å². The Balaban J connectivity index is 0.00000225. The van der Waals surface area contributed by atoms with Gasteiger partial charge in [-0.1, -0.05) is 0 Å². The van der Waals surface area contributed by atoms with Crippen molar-refractivity contribution in [3.63, 3.8) is 0 Å². The summed E-state index contributed by atoms with van der Waals surface area (Å²) in [7, 11) is 5.02. The molecular weight excluding hydrogens is 378 g/mol. The molecule has 0 aliphatic carbocycles. The second-order valence-electron chi connectivity index (χ2n) is 6.50. The van der Waals surface area contributed by atoms with Gasteiger partial charge in [-0.3, -0.25) is 0 Å². The van der Waals surface area contributed by atoms with Crippen LogP contribution in [0.3, 0.4) is 0 Å². The van der Waals surface area contributed by atoms with Crippen molar-refractivity contribution in [2.45, 2.75) is 19.9 Å². The molecule has 0 fully saturated rings. The Hall–Kier alpha value is -2.66. The highest BCUT2D eigenvalue weighted by Gasteiger charge is 2.27. The van der Waals surface area contributed by atoms with Crippen molar-refractivity contribution >= 4 is 10.8 Å². The van der Waals surface area contributed by atoms with E-state index >= 15 is 0 Å². The predicted molar refractivity (Wildman–Crippen MR) is 104 cm³/mol. The van der Waals surface area contributed by atoms with Gasteiger partial charge in [0.2, 0.25) is 5.69 Å². The van der Waals surface area contributed by atoms with Crippen LogP contribution >= 0.6 is 0 Å². The Morgan fingerprint density at radius 2 is 1.71 bits per heavy atom. The van der Waals surface area contributed by atoms with E-state index < -0.39 is 0 Å². The molecule has 148 valence electrons. The third kappa shape index (κ3) is 3.20. The average molecular weight is 402 g/mol. The van der Waals surface area contributed by atoms with Gasteiger partial charge in [0.15, 0.2) is 35.7 Å². The number of aryl methyl sites for hydroxylation is 2. The highest BCUT2D eigenvalue weighted by atomic mass is 35.5. The van der Waals surface area contributed by atoms with Gasteiger partial charge in [-0.05, 0) is 42.1 Å². The number of aromatic nitrogens is 1. The Kier molecular flexibility index (Phi) is 5.84. The molecule has 0 saturated heterocycles. The number of rotatable bonds is 5. The zero-order valence-corrected chi connectivity index (χ0v) is 17.3. The lowest BCUT2D eigenvalue weighted by Gasteiger charge is -2.19. The van der Waals surface area contributed by atoms with Gasteiger partial charge >= 0.3 is 0 Å². The summed E-state index contributed by atoms with van der Waals surface area (Å²) < 4.78 is 24.6. The molecule has 1 aliphatic rings. The van der Waals surface area contributed by atoms with Gasteiger partial charge in [0.25, 0.3) is 0 Å². The molecule has 5 nitrogen and oxygen atoms in total. The average Bonchev–Trinajstić information content (AvgIpc) is 2.71. The summed E-state index contributed by atoms with van der Waals surface area (Å²) in [6, 6.07) is 10.4. The number of halogens is 1. The fourth-order valence-electron chi connectivity index (χ4n) is 3.81. The van der Waals surface area contributed by atoms with Crippen molar-refractivity contribution < 1.29 is 35.9 Å². The number of pyridine rings is 1. The monoisotopic (exact) mass is 401 g/mol. The summed E-state index contributed by atoms with van der Waals surface area (Å²) in [6.45, 7) is 3.48. The van der Waals surface area contributed by atoms with Crippen LogP contribution in [0, 0.1) is 0 Å². The molecular formula is C22H24ClNO4. The van der Waals surface area contributed by atoms with E-state index in [4.69, 9.17) is 18.9 Å². The summed E-state index contributed by atoms with van der Waals surface area (Å²) in [5.41, 5.74) is 3.62. The molecule has 2 heterocycles. The lowest BCUT2D eigenvalue weighted by Crippen LogP contribution is -3.00. The molecule has 0 saturated carbocycles. The summed E-state index contributed by atoms with van der Waals surface area (Å²) in [5, 5.41) is 2.16. The summed E-state index contributed by atoms with van der Waals surface area (Å²) in [4.78, 5) is 0. The Bertz CT molecular complexity index is 1020. The van der Waals surface area contributed by atoms with E-state index in [2.05, 4.69) is 35.0 Å². The van der Waals surface area contributed by atoms with Crippen LogP contribution in [0.15, 0.2) is 36.5 Å². The molecule has 0 atom stereocenters. The molecule has 1 aliphatic heterocycles. The molecule has 0 spiro atoms. The van der Waals surface area contributed by atoms with Crippen LogP contribution < -0.4 is 35.9 Å². The molecule has 0 bridgehead atoms. The van der Waals surface area contributed by atoms with Crippen LogP contribution in [-0.2, 0) is 13.0 Å². The van der Waals surface area contributed by atoms with Gasteiger partial charge in [0.05, 0.1) is 38.9 Å². The van der Waals surface area contributed by atoms with Crippen LogP contribution in [0.25, 0.3) is 22.0 Å². The largest absolute Gasteiger partial charge is 1.00 e. The van der Waals surface area contributed by atoms with Crippen molar-refractivity contribution in [2.24, 2.45) is 0 Å². The van der Waals surface area contributed by atoms with E-state index in [0.717, 1.165) is 46.7 Å². The Labute approximate surface area is 171 Å². The van der Waals surface area contributed by atoms with Crippen molar-refractivity contribution in [1.82, 2.24) is 0 Å². The summed E-state index contributed by atoms with van der Waals surface area (Å²) in [6.07, 6.45) is 3.09. The molecule has 0 unspecified atom stereocenters. The van der Waals surface area contributed by atoms with Gasteiger partial charge < -0.3 is 31.4 Å². The highest BCUT2D eigenvalue weighted by Crippen LogP contribution is 2.40. The van der Waals surface area contributed by atoms with Gasteiger partial charge in [-0.25, -0.2) is 0 Å². The smallest absolute Gasteiger partial charge is 0.213 e. The second kappa shape index (κ2) is 8.15. The van der Waals surface area contributed by atoms with Crippen LogP contribution in [0.5, 0.6) is 23.0 Å². The Morgan fingerprint density at radius 3 is 2.39 bits per heavy atom. The topological polar surface area (TPSA) is 40.8 Å². The zero-order valence-electron chi connectivity index (χ0n) is 16.5. The summed E-state index contributed by atoms with van der Waals surface area (Å²) >= 11 is 0. The number of hydrogen-bond acceptors (Lipinski definition) is 4. The van der Waals surface area contributed by atoms with Gasteiger partial charge in [0.1, 0.15) is 0 Å². The van der Waals surface area contributed by atoms with Crippen LogP contribution in [0.1, 0.15) is 12.5 Å². The number of fused-ring (bicyclic) bond motifs is 4. The van der Waals surface area contributed by atoms with Crippen molar-refractivity contribution in [3.8, 4) is 34.3 Å². The normalized spacial score (nSPS) is 11.9. The molecule has 0 radical (unpaired) electrons. The number of hydrogen-bond donors (Lipinski definition) is 0. The minimum absolute atomic E-state index is 0. The first-order chi connectivity index (χ1) is 13.2. The number of ether oxygens (including phenoxy) is 4. The number of benzene rings is 2. The quantitative estimate of drug-likeness (QED) is 0.592. The standard InChI is InChI=1S/C22H24NO4.ClH/c1-5-27-21-12-16-15(11-20(21)25-3)8-9-23-13-17-14(10-18(16)23)6-7-19(24-2)22(17)26-4;/h6-7,10-13H,5,8-9H2,1-4H3;1H/q+1;/p-1. The SMILES string of the molecule is CCOc1cc2c(cc1OC)CC[n+]1cc3c(OC)c(OC)ccc3cc1-2.[Cl-]. The first-order valence-corrected chi connectivity index (χ1v) is 9.12. The van der Waals surface area contributed by atoms with Gasteiger partial charge in [-0.15, -0.1) is 0 Å². The van der Waals surface area contributed by atoms with E-state index in [0.29, 0.717) is 6.61 Å². The van der Waals surface area contributed by atoms with E-state index in [-0.39, 0.29) is 12.4 Å². The molecule has 1 aromatic heterocycles. The maximum Gasteiger partial charge on any atom is 0.213 e. The van der Waals surface area contributed by atoms with Crippen LogP contribution in [-0.4, -0.2) is 27.9 Å². The van der Waals surface area contributed by atoms with E-state index in [1.165, 1.54) is 16.8 Å². The lowest BCUT2D eigenvalue weighted by molar-refractivity contribution is -0.686. The summed E-state index contributed by atoms with van der Waals surface area (Å²) in [5.74, 6) is 3.07. The fraction of sp³-hybridized carbons (Fsp3) is 0.318. The predicted octanol–water partition coefficient (Wildman–Crippen LogP) is 0.779. The maximum atomic E-state index is 5.79.